The zero-order chi connectivity index (χ0) is 25.8. The summed E-state index contributed by atoms with van der Waals surface area (Å²) in [5.41, 5.74) is 1.47. The lowest BCUT2D eigenvalue weighted by atomic mass is 10.1. The van der Waals surface area contributed by atoms with Crippen molar-refractivity contribution in [2.24, 2.45) is 0 Å². The molecular weight excluding hydrogens is 475 g/mol. The number of hydrogen-bond acceptors (Lipinski definition) is 5. The number of amides is 1. The average Bonchev–Trinajstić information content (AvgIpc) is 3.31. The minimum atomic E-state index is -0.560. The highest BCUT2D eigenvalue weighted by molar-refractivity contribution is 6.00. The summed E-state index contributed by atoms with van der Waals surface area (Å²) in [5.74, 6) is -0.987. The van der Waals surface area contributed by atoms with Gasteiger partial charge in [0.15, 0.2) is 11.5 Å². The molecule has 3 aromatic carbocycles. The number of ether oxygens (including phenoxy) is 3. The van der Waals surface area contributed by atoms with Gasteiger partial charge in [0.05, 0.1) is 38.1 Å². The number of hydrogen-bond donors (Lipinski definition) is 3. The smallest absolute Gasteiger partial charge is 0.253 e. The molecule has 0 atom stereocenters. The molecule has 0 spiro atoms. The molecule has 4 aromatic rings. The maximum atomic E-state index is 14.2. The highest BCUT2D eigenvalue weighted by Gasteiger charge is 2.17. The lowest BCUT2D eigenvalue weighted by Crippen LogP contribution is -2.26. The summed E-state index contributed by atoms with van der Waals surface area (Å²) in [4.78, 5) is 15.7. The van der Waals surface area contributed by atoms with Crippen LogP contribution in [-0.2, 0) is 6.42 Å². The topological polar surface area (TPSA) is 84.6 Å². The molecule has 0 bridgehead atoms. The first-order valence-corrected chi connectivity index (χ1v) is 10.9. The van der Waals surface area contributed by atoms with Crippen molar-refractivity contribution in [2.45, 2.75) is 6.42 Å². The first kappa shape index (κ1) is 24.8. The Hall–Kier alpha value is -4.34. The summed E-state index contributed by atoms with van der Waals surface area (Å²) in [7, 11) is 4.41. The summed E-state index contributed by atoms with van der Waals surface area (Å²) in [6, 6.07) is 9.08. The molecule has 0 radical (unpaired) electrons. The molecule has 0 fully saturated rings. The highest BCUT2D eigenvalue weighted by atomic mass is 19.1. The van der Waals surface area contributed by atoms with Crippen molar-refractivity contribution >= 4 is 28.2 Å². The number of benzene rings is 3. The van der Waals surface area contributed by atoms with Gasteiger partial charge in [0.2, 0.25) is 5.75 Å². The van der Waals surface area contributed by atoms with Crippen molar-refractivity contribution in [3.63, 3.8) is 0 Å². The summed E-state index contributed by atoms with van der Waals surface area (Å²) >= 11 is 0. The number of carbonyl (C=O) groups is 1. The maximum absolute atomic E-state index is 14.2. The minimum absolute atomic E-state index is 0.0756. The van der Waals surface area contributed by atoms with Crippen LogP contribution in [0.3, 0.4) is 0 Å². The Kier molecular flexibility index (Phi) is 7.23. The van der Waals surface area contributed by atoms with E-state index in [-0.39, 0.29) is 35.1 Å². The van der Waals surface area contributed by atoms with Crippen LogP contribution in [0.2, 0.25) is 0 Å². The van der Waals surface area contributed by atoms with Crippen LogP contribution >= 0.6 is 0 Å². The van der Waals surface area contributed by atoms with E-state index in [1.165, 1.54) is 45.7 Å². The maximum Gasteiger partial charge on any atom is 0.253 e. The molecule has 1 aromatic heterocycles. The van der Waals surface area contributed by atoms with E-state index in [0.717, 1.165) is 12.1 Å². The Morgan fingerprint density at radius 1 is 0.917 bits per heavy atom. The largest absolute Gasteiger partial charge is 0.493 e. The quantitative estimate of drug-likeness (QED) is 0.290. The Morgan fingerprint density at radius 3 is 2.28 bits per heavy atom. The Morgan fingerprint density at radius 2 is 1.61 bits per heavy atom. The molecule has 4 rings (SSSR count). The lowest BCUT2D eigenvalue weighted by molar-refractivity contribution is 0.0955. The van der Waals surface area contributed by atoms with E-state index in [0.29, 0.717) is 28.5 Å². The fourth-order valence-corrected chi connectivity index (χ4v) is 3.97. The predicted octanol–water partition coefficient (Wildman–Crippen LogP) is 5.33. The van der Waals surface area contributed by atoms with Crippen molar-refractivity contribution in [3.05, 3.63) is 77.2 Å². The third kappa shape index (κ3) is 4.88. The second-order valence-corrected chi connectivity index (χ2v) is 7.83. The van der Waals surface area contributed by atoms with Crippen LogP contribution in [0.25, 0.3) is 10.9 Å². The van der Waals surface area contributed by atoms with E-state index in [1.807, 2.05) is 0 Å². The van der Waals surface area contributed by atoms with Gasteiger partial charge in [-0.1, -0.05) is 0 Å². The van der Waals surface area contributed by atoms with E-state index in [9.17, 15) is 18.0 Å². The molecule has 0 unspecified atom stereocenters. The fourth-order valence-electron chi connectivity index (χ4n) is 3.97. The van der Waals surface area contributed by atoms with Gasteiger partial charge in [-0.2, -0.15) is 0 Å². The molecule has 10 heteroatoms. The van der Waals surface area contributed by atoms with Gasteiger partial charge in [-0.3, -0.25) is 4.79 Å². The first-order valence-electron chi connectivity index (χ1n) is 10.9. The van der Waals surface area contributed by atoms with Gasteiger partial charge in [0, 0.05) is 35.9 Å². The van der Waals surface area contributed by atoms with Crippen molar-refractivity contribution < 1.29 is 32.2 Å². The number of carbonyl (C=O) groups excluding carboxylic acids is 1. The van der Waals surface area contributed by atoms with Gasteiger partial charge in [-0.15, -0.1) is 0 Å². The summed E-state index contributed by atoms with van der Waals surface area (Å²) in [5, 5.41) is 5.92. The third-order valence-electron chi connectivity index (χ3n) is 5.67. The number of anilines is 2. The molecule has 0 saturated heterocycles. The summed E-state index contributed by atoms with van der Waals surface area (Å²) < 4.78 is 58.2. The molecule has 0 saturated carbocycles. The van der Waals surface area contributed by atoms with Crippen LogP contribution in [0.1, 0.15) is 15.9 Å². The van der Waals surface area contributed by atoms with Crippen molar-refractivity contribution in [3.8, 4) is 17.2 Å². The van der Waals surface area contributed by atoms with Gasteiger partial charge in [-0.25, -0.2) is 13.2 Å². The normalized spacial score (nSPS) is 10.8. The minimum Gasteiger partial charge on any atom is -0.493 e. The molecule has 36 heavy (non-hydrogen) atoms. The van der Waals surface area contributed by atoms with Gasteiger partial charge in [0.25, 0.3) is 5.91 Å². The van der Waals surface area contributed by atoms with E-state index < -0.39 is 23.4 Å². The van der Waals surface area contributed by atoms with Crippen LogP contribution < -0.4 is 24.8 Å². The van der Waals surface area contributed by atoms with Crippen LogP contribution in [-0.4, -0.2) is 38.8 Å². The zero-order valence-electron chi connectivity index (χ0n) is 19.8. The molecule has 0 aliphatic rings. The van der Waals surface area contributed by atoms with Gasteiger partial charge in [-0.05, 0) is 42.3 Å². The number of H-pyrrole nitrogens is 1. The monoisotopic (exact) mass is 499 g/mol. The van der Waals surface area contributed by atoms with Crippen molar-refractivity contribution in [1.82, 2.24) is 10.3 Å². The summed E-state index contributed by atoms with van der Waals surface area (Å²) in [6.07, 6.45) is 1.77. The number of halogens is 3. The number of fused-ring (bicyclic) bond motifs is 1. The zero-order valence-corrected chi connectivity index (χ0v) is 19.8. The van der Waals surface area contributed by atoms with E-state index in [2.05, 4.69) is 15.6 Å². The van der Waals surface area contributed by atoms with Crippen molar-refractivity contribution in [2.75, 3.05) is 33.2 Å². The SMILES string of the molecule is COc1cc(Nc2cc(F)ccc2C(=O)NCCc2c[nH]c3c(F)ccc(F)c23)cc(OC)c1OC. The Labute approximate surface area is 205 Å². The van der Waals surface area contributed by atoms with E-state index in [1.54, 1.807) is 12.1 Å². The highest BCUT2D eigenvalue weighted by Crippen LogP contribution is 2.41. The van der Waals surface area contributed by atoms with Crippen molar-refractivity contribution in [1.29, 1.82) is 0 Å². The number of methoxy groups -OCH3 is 3. The molecule has 1 amide bonds. The second-order valence-electron chi connectivity index (χ2n) is 7.83. The Balaban J connectivity index is 1.53. The fraction of sp³-hybridized carbons (Fsp3) is 0.192. The molecular formula is C26H24F3N3O4. The second kappa shape index (κ2) is 10.5. The third-order valence-corrected chi connectivity index (χ3v) is 5.67. The first-order chi connectivity index (χ1) is 17.4. The number of aromatic amines is 1. The molecule has 1 heterocycles. The molecule has 7 nitrogen and oxygen atoms in total. The Bertz CT molecular complexity index is 1400. The standard InChI is InChI=1S/C26H24F3N3O4/c1-34-21-11-16(12-22(35-2)25(21)36-3)32-20-10-15(27)4-5-17(20)26(33)30-9-8-14-13-31-24-19(29)7-6-18(28)23(14)24/h4-7,10-13,31-32H,8-9H2,1-3H3,(H,30,33). The van der Waals surface area contributed by atoms with Gasteiger partial charge >= 0.3 is 0 Å². The van der Waals surface area contributed by atoms with E-state index >= 15 is 0 Å². The average molecular weight is 499 g/mol. The number of aromatic nitrogens is 1. The predicted molar refractivity (Wildman–Crippen MR) is 130 cm³/mol. The van der Waals surface area contributed by atoms with Crippen LogP contribution in [0.15, 0.2) is 48.7 Å². The van der Waals surface area contributed by atoms with Crippen LogP contribution in [0.4, 0.5) is 24.5 Å². The molecule has 0 aliphatic carbocycles. The lowest BCUT2D eigenvalue weighted by Gasteiger charge is -2.17. The van der Waals surface area contributed by atoms with Crippen LogP contribution in [0, 0.1) is 17.5 Å². The van der Waals surface area contributed by atoms with Gasteiger partial charge in [0.1, 0.15) is 17.5 Å². The van der Waals surface area contributed by atoms with E-state index in [4.69, 9.17) is 14.2 Å². The van der Waals surface area contributed by atoms with Crippen LogP contribution in [0.5, 0.6) is 17.2 Å². The summed E-state index contributed by atoms with van der Waals surface area (Å²) in [6.45, 7) is 0.142. The number of rotatable bonds is 9. The number of nitrogens with one attached hydrogen (secondary N) is 3. The molecule has 188 valence electrons. The molecule has 0 aliphatic heterocycles. The van der Waals surface area contributed by atoms with Gasteiger partial charge < -0.3 is 29.8 Å². The molecule has 3 N–H and O–H groups in total.